The third-order valence-electron chi connectivity index (χ3n) is 2.85. The van der Waals surface area contributed by atoms with Gasteiger partial charge in [0.05, 0.1) is 16.9 Å². The molecule has 0 bridgehead atoms. The lowest BCUT2D eigenvalue weighted by atomic mass is 10.2. The molecule has 0 radical (unpaired) electrons. The summed E-state index contributed by atoms with van der Waals surface area (Å²) in [5.74, 6) is 0.207. The number of nitrogens with one attached hydrogen (secondary N) is 1. The maximum absolute atomic E-state index is 12.3. The molecule has 2 aromatic rings. The van der Waals surface area contributed by atoms with Gasteiger partial charge >= 0.3 is 0 Å². The highest BCUT2D eigenvalue weighted by molar-refractivity contribution is 6.35. The first-order valence-electron chi connectivity index (χ1n) is 6.35. The summed E-state index contributed by atoms with van der Waals surface area (Å²) in [5, 5.41) is 3.10. The Morgan fingerprint density at radius 1 is 1.29 bits per heavy atom. The van der Waals surface area contributed by atoms with Crippen molar-refractivity contribution in [3.8, 4) is 0 Å². The Bertz CT molecular complexity index is 668. The van der Waals surface area contributed by atoms with Gasteiger partial charge < -0.3 is 5.32 Å². The van der Waals surface area contributed by atoms with Crippen molar-refractivity contribution in [1.82, 2.24) is 15.0 Å². The summed E-state index contributed by atoms with van der Waals surface area (Å²) in [6.07, 6.45) is 3.00. The van der Waals surface area contributed by atoms with Crippen LogP contribution in [0.1, 0.15) is 41.6 Å². The van der Waals surface area contributed by atoms with Gasteiger partial charge in [0.2, 0.25) is 0 Å². The largest absolute Gasteiger partial charge is 0.318 e. The lowest BCUT2D eigenvalue weighted by Crippen LogP contribution is -2.17. The Hall–Kier alpha value is -1.72. The number of carbonyl (C=O) groups is 1. The number of rotatable bonds is 3. The zero-order chi connectivity index (χ0) is 15.6. The van der Waals surface area contributed by atoms with Gasteiger partial charge in [-0.25, -0.2) is 15.0 Å². The van der Waals surface area contributed by atoms with Crippen molar-refractivity contribution < 1.29 is 4.79 Å². The van der Waals surface area contributed by atoms with Crippen LogP contribution >= 0.6 is 23.2 Å². The maximum atomic E-state index is 12.3. The molecule has 7 heteroatoms. The molecule has 0 aliphatic rings. The van der Waals surface area contributed by atoms with Crippen LogP contribution in [0.5, 0.6) is 0 Å². The summed E-state index contributed by atoms with van der Waals surface area (Å²) >= 11 is 12.0. The van der Waals surface area contributed by atoms with Crippen LogP contribution in [-0.2, 0) is 0 Å². The van der Waals surface area contributed by atoms with Crippen LogP contribution in [-0.4, -0.2) is 20.9 Å². The first kappa shape index (κ1) is 15.7. The second-order valence-corrected chi connectivity index (χ2v) is 5.59. The molecule has 0 saturated carbocycles. The molecule has 0 saturated heterocycles. The summed E-state index contributed by atoms with van der Waals surface area (Å²) in [6, 6.07) is 1.75. The molecule has 0 aromatic carbocycles. The molecule has 0 atom stereocenters. The van der Waals surface area contributed by atoms with Gasteiger partial charge in [-0.15, -0.1) is 0 Å². The summed E-state index contributed by atoms with van der Waals surface area (Å²) in [5.41, 5.74) is 1.37. The molecular weight excluding hydrogens is 311 g/mol. The standard InChI is InChI=1S/C14H14Cl2N4O/c1-7(2)13-18-6-9(15)11(19-13)14(21)20-10-8(3)4-5-17-12(10)16/h4-7H,1-3H3,(H,20,21). The minimum Gasteiger partial charge on any atom is -0.318 e. The number of aryl methyl sites for hydroxylation is 1. The minimum absolute atomic E-state index is 0.0949. The van der Waals surface area contributed by atoms with E-state index in [9.17, 15) is 4.79 Å². The van der Waals surface area contributed by atoms with Gasteiger partial charge in [-0.2, -0.15) is 0 Å². The molecule has 0 spiro atoms. The van der Waals surface area contributed by atoms with E-state index in [1.165, 1.54) is 6.20 Å². The van der Waals surface area contributed by atoms with Crippen molar-refractivity contribution in [2.24, 2.45) is 0 Å². The smallest absolute Gasteiger partial charge is 0.276 e. The van der Waals surface area contributed by atoms with E-state index >= 15 is 0 Å². The third-order valence-corrected chi connectivity index (χ3v) is 3.41. The van der Waals surface area contributed by atoms with Crippen molar-refractivity contribution in [3.05, 3.63) is 45.7 Å². The predicted octanol–water partition coefficient (Wildman–Crippen LogP) is 3.86. The Balaban J connectivity index is 2.35. The molecule has 2 heterocycles. The number of carbonyl (C=O) groups excluding carboxylic acids is 1. The zero-order valence-corrected chi connectivity index (χ0v) is 13.3. The van der Waals surface area contributed by atoms with Crippen LogP contribution in [0.15, 0.2) is 18.5 Å². The molecule has 0 aliphatic carbocycles. The fraction of sp³-hybridized carbons (Fsp3) is 0.286. The predicted molar refractivity (Wildman–Crippen MR) is 83.1 cm³/mol. The zero-order valence-electron chi connectivity index (χ0n) is 11.8. The molecule has 110 valence electrons. The molecule has 2 aromatic heterocycles. The third kappa shape index (κ3) is 3.49. The van der Waals surface area contributed by atoms with E-state index < -0.39 is 5.91 Å². The van der Waals surface area contributed by atoms with Gasteiger partial charge in [-0.1, -0.05) is 37.0 Å². The number of pyridine rings is 1. The van der Waals surface area contributed by atoms with E-state index in [-0.39, 0.29) is 21.8 Å². The normalized spacial score (nSPS) is 10.8. The molecule has 0 unspecified atom stereocenters. The van der Waals surface area contributed by atoms with Crippen molar-refractivity contribution in [2.45, 2.75) is 26.7 Å². The highest BCUT2D eigenvalue weighted by Gasteiger charge is 2.17. The molecule has 2 rings (SSSR count). The van der Waals surface area contributed by atoms with Crippen molar-refractivity contribution >= 4 is 34.8 Å². The van der Waals surface area contributed by atoms with E-state index in [1.54, 1.807) is 12.3 Å². The monoisotopic (exact) mass is 324 g/mol. The highest BCUT2D eigenvalue weighted by Crippen LogP contribution is 2.24. The quantitative estimate of drug-likeness (QED) is 0.870. The van der Waals surface area contributed by atoms with Crippen LogP contribution < -0.4 is 5.32 Å². The van der Waals surface area contributed by atoms with E-state index in [2.05, 4.69) is 20.3 Å². The number of hydrogen-bond acceptors (Lipinski definition) is 4. The number of halogens is 2. The van der Waals surface area contributed by atoms with Gasteiger partial charge in [0, 0.05) is 12.1 Å². The molecular formula is C14H14Cl2N4O. The first-order valence-corrected chi connectivity index (χ1v) is 7.10. The van der Waals surface area contributed by atoms with Crippen LogP contribution in [0.2, 0.25) is 10.2 Å². The van der Waals surface area contributed by atoms with E-state index in [1.807, 2.05) is 20.8 Å². The molecule has 1 N–H and O–H groups in total. The number of anilines is 1. The summed E-state index contributed by atoms with van der Waals surface area (Å²) in [4.78, 5) is 24.6. The Labute approximate surface area is 132 Å². The molecule has 1 amide bonds. The topological polar surface area (TPSA) is 67.8 Å². The van der Waals surface area contributed by atoms with Crippen molar-refractivity contribution in [3.63, 3.8) is 0 Å². The highest BCUT2D eigenvalue weighted by atomic mass is 35.5. The molecule has 0 aliphatic heterocycles. The van der Waals surface area contributed by atoms with Crippen LogP contribution in [0, 0.1) is 6.92 Å². The average molecular weight is 325 g/mol. The number of hydrogen-bond donors (Lipinski definition) is 1. The fourth-order valence-corrected chi connectivity index (χ4v) is 2.10. The summed E-state index contributed by atoms with van der Waals surface area (Å²) in [6.45, 7) is 5.70. The molecule has 0 fully saturated rings. The van der Waals surface area contributed by atoms with Gasteiger partial charge in [0.1, 0.15) is 5.82 Å². The van der Waals surface area contributed by atoms with Gasteiger partial charge in [-0.3, -0.25) is 4.79 Å². The minimum atomic E-state index is -0.442. The summed E-state index contributed by atoms with van der Waals surface area (Å²) < 4.78 is 0. The Morgan fingerprint density at radius 3 is 2.62 bits per heavy atom. The van der Waals surface area contributed by atoms with Gasteiger partial charge in [0.25, 0.3) is 5.91 Å². The Kier molecular flexibility index (Phi) is 4.75. The van der Waals surface area contributed by atoms with Gasteiger partial charge in [-0.05, 0) is 18.6 Å². The number of aromatic nitrogens is 3. The first-order chi connectivity index (χ1) is 9.90. The lowest BCUT2D eigenvalue weighted by Gasteiger charge is -2.11. The number of nitrogens with zero attached hydrogens (tertiary/aromatic N) is 3. The van der Waals surface area contributed by atoms with Crippen LogP contribution in [0.4, 0.5) is 5.69 Å². The maximum Gasteiger partial charge on any atom is 0.276 e. The molecule has 5 nitrogen and oxygen atoms in total. The SMILES string of the molecule is Cc1ccnc(Cl)c1NC(=O)c1nc(C(C)C)ncc1Cl. The van der Waals surface area contributed by atoms with Crippen LogP contribution in [0.25, 0.3) is 0 Å². The number of amides is 1. The summed E-state index contributed by atoms with van der Waals surface area (Å²) in [7, 11) is 0. The van der Waals surface area contributed by atoms with Crippen LogP contribution in [0.3, 0.4) is 0 Å². The van der Waals surface area contributed by atoms with E-state index in [0.29, 0.717) is 11.5 Å². The van der Waals surface area contributed by atoms with E-state index in [0.717, 1.165) is 5.56 Å². The fourth-order valence-electron chi connectivity index (χ4n) is 1.67. The Morgan fingerprint density at radius 2 is 2.00 bits per heavy atom. The second kappa shape index (κ2) is 6.37. The molecule has 21 heavy (non-hydrogen) atoms. The van der Waals surface area contributed by atoms with Crippen molar-refractivity contribution in [2.75, 3.05) is 5.32 Å². The second-order valence-electron chi connectivity index (χ2n) is 4.83. The lowest BCUT2D eigenvalue weighted by molar-refractivity contribution is 0.102. The van der Waals surface area contributed by atoms with E-state index in [4.69, 9.17) is 23.2 Å². The van der Waals surface area contributed by atoms with Gasteiger partial charge in [0.15, 0.2) is 10.8 Å². The average Bonchev–Trinajstić information content (AvgIpc) is 2.43. The van der Waals surface area contributed by atoms with Crippen molar-refractivity contribution in [1.29, 1.82) is 0 Å².